The van der Waals surface area contributed by atoms with Crippen molar-refractivity contribution in [3.63, 3.8) is 0 Å². The number of hydrogen-bond acceptors (Lipinski definition) is 7. The SMILES string of the molecule is CCCCN(C(=O)COC(=O)c1[nH]c(C)c(C(=O)OCC)c1C)C1CCS(=O)(=O)C1. The smallest absolute Gasteiger partial charge is 0.355 e. The van der Waals surface area contributed by atoms with Crippen molar-refractivity contribution in [2.45, 2.75) is 53.0 Å². The van der Waals surface area contributed by atoms with Gasteiger partial charge in [-0.2, -0.15) is 0 Å². The Morgan fingerprint density at radius 2 is 1.83 bits per heavy atom. The monoisotopic (exact) mass is 442 g/mol. The Morgan fingerprint density at radius 1 is 1.13 bits per heavy atom. The first-order chi connectivity index (χ1) is 14.1. The van der Waals surface area contributed by atoms with Gasteiger partial charge in [0.1, 0.15) is 5.69 Å². The first kappa shape index (κ1) is 23.9. The number of aryl methyl sites for hydroxylation is 1. The van der Waals surface area contributed by atoms with E-state index in [9.17, 15) is 22.8 Å². The van der Waals surface area contributed by atoms with Crippen LogP contribution in [0.3, 0.4) is 0 Å². The Bertz CT molecular complexity index is 905. The Morgan fingerprint density at radius 3 is 2.40 bits per heavy atom. The fraction of sp³-hybridized carbons (Fsp3) is 0.650. The Balaban J connectivity index is 2.07. The lowest BCUT2D eigenvalue weighted by Crippen LogP contribution is -2.43. The highest BCUT2D eigenvalue weighted by atomic mass is 32.2. The predicted molar refractivity (Wildman–Crippen MR) is 110 cm³/mol. The topological polar surface area (TPSA) is 123 Å². The van der Waals surface area contributed by atoms with E-state index in [0.29, 0.717) is 24.2 Å². The summed E-state index contributed by atoms with van der Waals surface area (Å²) < 4.78 is 33.8. The molecule has 2 heterocycles. The van der Waals surface area contributed by atoms with Crippen LogP contribution in [0.15, 0.2) is 0 Å². The van der Waals surface area contributed by atoms with Gasteiger partial charge in [0.2, 0.25) is 0 Å². The van der Waals surface area contributed by atoms with Crippen LogP contribution in [0.5, 0.6) is 0 Å². The van der Waals surface area contributed by atoms with Gasteiger partial charge >= 0.3 is 11.9 Å². The van der Waals surface area contributed by atoms with E-state index in [2.05, 4.69) is 4.98 Å². The lowest BCUT2D eigenvalue weighted by molar-refractivity contribution is -0.136. The van der Waals surface area contributed by atoms with E-state index < -0.39 is 40.3 Å². The van der Waals surface area contributed by atoms with Crippen molar-refractivity contribution >= 4 is 27.7 Å². The minimum Gasteiger partial charge on any atom is -0.462 e. The summed E-state index contributed by atoms with van der Waals surface area (Å²) in [5.74, 6) is -1.72. The first-order valence-electron chi connectivity index (χ1n) is 10.1. The lowest BCUT2D eigenvalue weighted by atomic mass is 10.1. The molecule has 2 rings (SSSR count). The van der Waals surface area contributed by atoms with E-state index in [0.717, 1.165) is 12.8 Å². The summed E-state index contributed by atoms with van der Waals surface area (Å²) in [6.45, 7) is 7.05. The molecule has 1 saturated heterocycles. The predicted octanol–water partition coefficient (Wildman–Crippen LogP) is 1.78. The molecule has 1 amide bonds. The van der Waals surface area contributed by atoms with Crippen LogP contribution in [0.1, 0.15) is 65.2 Å². The molecule has 0 bridgehead atoms. The quantitative estimate of drug-likeness (QED) is 0.578. The third-order valence-electron chi connectivity index (χ3n) is 5.17. The lowest BCUT2D eigenvalue weighted by Gasteiger charge is -2.28. The molecular formula is C20H30N2O7S. The Kier molecular flexibility index (Phi) is 8.05. The normalized spacial score (nSPS) is 17.5. The van der Waals surface area contributed by atoms with E-state index >= 15 is 0 Å². The van der Waals surface area contributed by atoms with Crippen molar-refractivity contribution in [1.29, 1.82) is 0 Å². The number of aromatic amines is 1. The largest absolute Gasteiger partial charge is 0.462 e. The van der Waals surface area contributed by atoms with E-state index in [1.807, 2.05) is 6.92 Å². The number of aromatic nitrogens is 1. The van der Waals surface area contributed by atoms with Crippen molar-refractivity contribution in [3.05, 3.63) is 22.5 Å². The molecule has 0 aromatic carbocycles. The summed E-state index contributed by atoms with van der Waals surface area (Å²) in [6.07, 6.45) is 1.97. The summed E-state index contributed by atoms with van der Waals surface area (Å²) in [4.78, 5) is 41.6. The number of nitrogens with zero attached hydrogens (tertiary/aromatic N) is 1. The van der Waals surface area contributed by atoms with Crippen molar-refractivity contribution in [2.75, 3.05) is 31.3 Å². The number of H-pyrrole nitrogens is 1. The van der Waals surface area contributed by atoms with Crippen LogP contribution in [-0.4, -0.2) is 73.5 Å². The number of rotatable bonds is 9. The number of nitrogens with one attached hydrogen (secondary N) is 1. The number of ether oxygens (including phenoxy) is 2. The van der Waals surface area contributed by atoms with Crippen LogP contribution in [0.2, 0.25) is 0 Å². The second kappa shape index (κ2) is 10.1. The van der Waals surface area contributed by atoms with Crippen molar-refractivity contribution < 1.29 is 32.3 Å². The van der Waals surface area contributed by atoms with Crippen LogP contribution in [0.4, 0.5) is 0 Å². The van der Waals surface area contributed by atoms with Crippen molar-refractivity contribution in [1.82, 2.24) is 9.88 Å². The number of amides is 1. The van der Waals surface area contributed by atoms with Crippen LogP contribution in [-0.2, 0) is 24.1 Å². The molecule has 0 radical (unpaired) electrons. The van der Waals surface area contributed by atoms with Gasteiger partial charge in [-0.15, -0.1) is 0 Å². The fourth-order valence-electron chi connectivity index (χ4n) is 3.61. The van der Waals surface area contributed by atoms with E-state index in [4.69, 9.17) is 9.47 Å². The molecule has 1 aliphatic heterocycles. The Labute approximate surface area is 177 Å². The van der Waals surface area contributed by atoms with Crippen molar-refractivity contribution in [3.8, 4) is 0 Å². The number of carbonyl (C=O) groups is 3. The summed E-state index contributed by atoms with van der Waals surface area (Å²) in [7, 11) is -3.14. The summed E-state index contributed by atoms with van der Waals surface area (Å²) in [5, 5.41) is 0. The molecule has 9 nitrogen and oxygen atoms in total. The molecule has 1 fully saturated rings. The fourth-order valence-corrected chi connectivity index (χ4v) is 5.34. The van der Waals surface area contributed by atoms with Crippen LogP contribution in [0.25, 0.3) is 0 Å². The molecule has 1 atom stereocenters. The van der Waals surface area contributed by atoms with Gasteiger partial charge in [0.15, 0.2) is 16.4 Å². The molecule has 0 spiro atoms. The van der Waals surface area contributed by atoms with Crippen LogP contribution < -0.4 is 0 Å². The number of carbonyl (C=O) groups excluding carboxylic acids is 3. The molecule has 1 aliphatic rings. The molecule has 0 saturated carbocycles. The van der Waals surface area contributed by atoms with E-state index in [-0.39, 0.29) is 29.4 Å². The van der Waals surface area contributed by atoms with Gasteiger partial charge in [0, 0.05) is 18.3 Å². The second-order valence-electron chi connectivity index (χ2n) is 7.42. The molecule has 1 aromatic rings. The number of esters is 2. The average Bonchev–Trinajstić information content (AvgIpc) is 3.18. The van der Waals surface area contributed by atoms with Crippen molar-refractivity contribution in [2.24, 2.45) is 0 Å². The minimum absolute atomic E-state index is 0.0605. The number of unbranched alkanes of at least 4 members (excludes halogenated alkanes) is 1. The summed E-state index contributed by atoms with van der Waals surface area (Å²) in [6, 6.07) is -0.391. The third-order valence-corrected chi connectivity index (χ3v) is 6.92. The third kappa shape index (κ3) is 5.62. The minimum atomic E-state index is -3.14. The van der Waals surface area contributed by atoms with Gasteiger partial charge in [-0.3, -0.25) is 4.79 Å². The number of hydrogen-bond donors (Lipinski definition) is 1. The molecule has 1 aromatic heterocycles. The molecular weight excluding hydrogens is 412 g/mol. The van der Waals surface area contributed by atoms with Gasteiger partial charge in [-0.05, 0) is 39.2 Å². The molecule has 0 aliphatic carbocycles. The number of sulfone groups is 1. The van der Waals surface area contributed by atoms with Crippen LogP contribution in [0, 0.1) is 13.8 Å². The maximum Gasteiger partial charge on any atom is 0.355 e. The van der Waals surface area contributed by atoms with Gasteiger partial charge in [0.05, 0.1) is 23.7 Å². The summed E-state index contributed by atoms with van der Waals surface area (Å²) >= 11 is 0. The maximum absolute atomic E-state index is 12.7. The molecule has 30 heavy (non-hydrogen) atoms. The zero-order valence-corrected chi connectivity index (χ0v) is 18.8. The molecule has 1 N–H and O–H groups in total. The molecule has 1 unspecified atom stereocenters. The Hall–Kier alpha value is -2.36. The zero-order chi connectivity index (χ0) is 22.5. The highest BCUT2D eigenvalue weighted by Gasteiger charge is 2.35. The standard InChI is InChI=1S/C20H30N2O7S/c1-5-7-9-22(15-8-10-30(26,27)12-15)16(23)11-29-20(25)18-13(3)17(14(4)21-18)19(24)28-6-2/h15,21H,5-12H2,1-4H3. The van der Waals surface area contributed by atoms with Gasteiger partial charge in [0.25, 0.3) is 5.91 Å². The second-order valence-corrected chi connectivity index (χ2v) is 9.65. The highest BCUT2D eigenvalue weighted by Crippen LogP contribution is 2.21. The highest BCUT2D eigenvalue weighted by molar-refractivity contribution is 7.91. The first-order valence-corrected chi connectivity index (χ1v) is 12.0. The van der Waals surface area contributed by atoms with Crippen LogP contribution >= 0.6 is 0 Å². The van der Waals surface area contributed by atoms with E-state index in [1.54, 1.807) is 20.8 Å². The maximum atomic E-state index is 12.7. The zero-order valence-electron chi connectivity index (χ0n) is 17.9. The van der Waals surface area contributed by atoms with Gasteiger partial charge in [-0.1, -0.05) is 13.3 Å². The van der Waals surface area contributed by atoms with Gasteiger partial charge in [-0.25, -0.2) is 18.0 Å². The summed E-state index contributed by atoms with van der Waals surface area (Å²) in [5.41, 5.74) is 1.24. The van der Waals surface area contributed by atoms with E-state index in [1.165, 1.54) is 4.90 Å². The molecule has 168 valence electrons. The average molecular weight is 443 g/mol. The van der Waals surface area contributed by atoms with Gasteiger partial charge < -0.3 is 19.4 Å². The molecule has 10 heteroatoms.